The van der Waals surface area contributed by atoms with Gasteiger partial charge < -0.3 is 20.3 Å². The third kappa shape index (κ3) is 3.62. The van der Waals surface area contributed by atoms with Crippen molar-refractivity contribution in [2.75, 3.05) is 23.8 Å². The fourth-order valence-electron chi connectivity index (χ4n) is 2.50. The molecule has 0 aliphatic carbocycles. The van der Waals surface area contributed by atoms with Crippen molar-refractivity contribution in [2.45, 2.75) is 26.4 Å². The molecule has 7 nitrogen and oxygen atoms in total. The minimum absolute atomic E-state index is 0.0302. The van der Waals surface area contributed by atoms with Crippen LogP contribution in [0.4, 0.5) is 11.8 Å². The van der Waals surface area contributed by atoms with Gasteiger partial charge in [0.05, 0.1) is 12.9 Å². The lowest BCUT2D eigenvalue weighted by atomic mass is 10.2. The van der Waals surface area contributed by atoms with Crippen molar-refractivity contribution >= 4 is 22.9 Å². The number of aromatic nitrogens is 4. The first-order chi connectivity index (χ1) is 11.8. The zero-order valence-corrected chi connectivity index (χ0v) is 13.7. The number of hydrogen-bond donors (Lipinski definition) is 3. The summed E-state index contributed by atoms with van der Waals surface area (Å²) in [6.45, 7) is 4.07. The van der Waals surface area contributed by atoms with Crippen LogP contribution < -0.4 is 10.6 Å². The molecule has 3 N–H and O–H groups in total. The van der Waals surface area contributed by atoms with Gasteiger partial charge in [-0.1, -0.05) is 37.3 Å². The van der Waals surface area contributed by atoms with Crippen molar-refractivity contribution in [3.05, 3.63) is 42.2 Å². The van der Waals surface area contributed by atoms with E-state index >= 15 is 0 Å². The average molecular weight is 326 g/mol. The molecule has 0 unspecified atom stereocenters. The molecule has 0 amide bonds. The molecule has 0 aliphatic rings. The number of anilines is 2. The molecule has 0 atom stereocenters. The molecule has 3 aromatic rings. The molecule has 0 saturated carbocycles. The number of fused-ring (bicyclic) bond motifs is 1. The van der Waals surface area contributed by atoms with Crippen molar-refractivity contribution in [2.24, 2.45) is 0 Å². The Labute approximate surface area is 140 Å². The average Bonchev–Trinajstić information content (AvgIpc) is 3.02. The Balaban J connectivity index is 1.91. The summed E-state index contributed by atoms with van der Waals surface area (Å²) in [4.78, 5) is 13.5. The molecule has 1 aromatic carbocycles. The minimum Gasteiger partial charge on any atom is -0.395 e. The van der Waals surface area contributed by atoms with Gasteiger partial charge >= 0.3 is 0 Å². The highest BCUT2D eigenvalue weighted by molar-refractivity contribution is 5.84. The maximum atomic E-state index is 9.01. The number of nitrogens with zero attached hydrogens (tertiary/aromatic N) is 4. The zero-order valence-electron chi connectivity index (χ0n) is 13.7. The highest BCUT2D eigenvalue weighted by Gasteiger charge is 2.13. The van der Waals surface area contributed by atoms with Crippen molar-refractivity contribution in [1.29, 1.82) is 0 Å². The van der Waals surface area contributed by atoms with Gasteiger partial charge in [0.15, 0.2) is 17.0 Å². The fourth-order valence-corrected chi connectivity index (χ4v) is 2.50. The van der Waals surface area contributed by atoms with Crippen molar-refractivity contribution in [1.82, 2.24) is 19.5 Å². The van der Waals surface area contributed by atoms with Crippen LogP contribution in [0.3, 0.4) is 0 Å². The van der Waals surface area contributed by atoms with Crippen LogP contribution in [0.5, 0.6) is 0 Å². The number of hydrogen-bond acceptors (Lipinski definition) is 6. The number of aliphatic hydroxyl groups excluding tert-OH is 1. The summed E-state index contributed by atoms with van der Waals surface area (Å²) in [5.74, 6) is 1.18. The van der Waals surface area contributed by atoms with Crippen molar-refractivity contribution in [3.8, 4) is 0 Å². The highest BCUT2D eigenvalue weighted by Crippen LogP contribution is 2.21. The lowest BCUT2D eigenvalue weighted by Crippen LogP contribution is -2.11. The molecule has 0 bridgehead atoms. The van der Waals surface area contributed by atoms with E-state index in [0.29, 0.717) is 24.9 Å². The number of benzene rings is 1. The number of aliphatic hydroxyl groups is 1. The SMILES string of the molecule is CCCn1cnc2c(NCc3ccccc3)nc(NCCO)nc21. The van der Waals surface area contributed by atoms with E-state index in [-0.39, 0.29) is 6.61 Å². The van der Waals surface area contributed by atoms with Crippen LogP contribution in [-0.4, -0.2) is 37.8 Å². The van der Waals surface area contributed by atoms with E-state index < -0.39 is 0 Å². The molecule has 7 heteroatoms. The van der Waals surface area contributed by atoms with Crippen LogP contribution in [0.1, 0.15) is 18.9 Å². The first-order valence-electron chi connectivity index (χ1n) is 8.17. The van der Waals surface area contributed by atoms with Crippen molar-refractivity contribution < 1.29 is 5.11 Å². The standard InChI is InChI=1S/C17H22N6O/c1-2-9-23-12-20-14-15(19-11-13-6-4-3-5-7-13)21-17(18-8-10-24)22-16(14)23/h3-7,12,24H,2,8-11H2,1H3,(H2,18,19,21,22). The van der Waals surface area contributed by atoms with Gasteiger partial charge in [0.25, 0.3) is 0 Å². The van der Waals surface area contributed by atoms with Gasteiger partial charge in [-0.2, -0.15) is 9.97 Å². The summed E-state index contributed by atoms with van der Waals surface area (Å²) in [7, 11) is 0. The van der Waals surface area contributed by atoms with E-state index in [9.17, 15) is 0 Å². The number of imidazole rings is 1. The molecular formula is C17H22N6O. The number of aryl methyl sites for hydroxylation is 1. The van der Waals surface area contributed by atoms with E-state index in [4.69, 9.17) is 5.11 Å². The summed E-state index contributed by atoms with van der Waals surface area (Å²) in [6.07, 6.45) is 2.80. The maximum Gasteiger partial charge on any atom is 0.226 e. The topological polar surface area (TPSA) is 87.9 Å². The van der Waals surface area contributed by atoms with Gasteiger partial charge in [0.1, 0.15) is 0 Å². The molecule has 0 saturated heterocycles. The van der Waals surface area contributed by atoms with Crippen LogP contribution in [0, 0.1) is 0 Å². The molecule has 3 rings (SSSR count). The molecule has 0 radical (unpaired) electrons. The lowest BCUT2D eigenvalue weighted by Gasteiger charge is -2.10. The monoisotopic (exact) mass is 326 g/mol. The molecule has 2 heterocycles. The highest BCUT2D eigenvalue weighted by atomic mass is 16.3. The first kappa shape index (κ1) is 16.2. The van der Waals surface area contributed by atoms with E-state index in [1.807, 2.05) is 22.8 Å². The Bertz CT molecular complexity index is 786. The molecule has 24 heavy (non-hydrogen) atoms. The van der Waals surface area contributed by atoms with E-state index in [1.165, 1.54) is 5.56 Å². The number of rotatable bonds is 8. The Morgan fingerprint density at radius 3 is 2.71 bits per heavy atom. The van der Waals surface area contributed by atoms with Crippen molar-refractivity contribution in [3.63, 3.8) is 0 Å². The van der Waals surface area contributed by atoms with Gasteiger partial charge in [0, 0.05) is 19.6 Å². The second kappa shape index (κ2) is 7.74. The Kier molecular flexibility index (Phi) is 5.22. The summed E-state index contributed by atoms with van der Waals surface area (Å²) in [5.41, 5.74) is 2.72. The third-order valence-electron chi connectivity index (χ3n) is 3.63. The summed E-state index contributed by atoms with van der Waals surface area (Å²) < 4.78 is 2.02. The zero-order chi connectivity index (χ0) is 16.8. The van der Waals surface area contributed by atoms with Gasteiger partial charge in [-0.3, -0.25) is 0 Å². The Morgan fingerprint density at radius 2 is 1.96 bits per heavy atom. The molecule has 2 aromatic heterocycles. The summed E-state index contributed by atoms with van der Waals surface area (Å²) in [6, 6.07) is 10.1. The molecule has 126 valence electrons. The van der Waals surface area contributed by atoms with Crippen LogP contribution in [0.15, 0.2) is 36.7 Å². The smallest absolute Gasteiger partial charge is 0.226 e. The maximum absolute atomic E-state index is 9.01. The van der Waals surface area contributed by atoms with Crippen LogP contribution in [0.25, 0.3) is 11.2 Å². The predicted octanol–water partition coefficient (Wildman–Crippen LogP) is 2.25. The van der Waals surface area contributed by atoms with Crippen LogP contribution >= 0.6 is 0 Å². The fraction of sp³-hybridized carbons (Fsp3) is 0.353. The Hall–Kier alpha value is -2.67. The van der Waals surface area contributed by atoms with E-state index in [2.05, 4.69) is 44.6 Å². The Morgan fingerprint density at radius 1 is 1.12 bits per heavy atom. The normalized spacial score (nSPS) is 10.9. The molecular weight excluding hydrogens is 304 g/mol. The second-order valence-electron chi connectivity index (χ2n) is 5.50. The molecule has 0 spiro atoms. The lowest BCUT2D eigenvalue weighted by molar-refractivity contribution is 0.311. The van der Waals surface area contributed by atoms with Gasteiger partial charge in [-0.25, -0.2) is 4.98 Å². The van der Waals surface area contributed by atoms with Gasteiger partial charge in [0.2, 0.25) is 5.95 Å². The second-order valence-corrected chi connectivity index (χ2v) is 5.50. The number of nitrogens with one attached hydrogen (secondary N) is 2. The van der Waals surface area contributed by atoms with E-state index in [0.717, 1.165) is 24.1 Å². The molecule has 0 aliphatic heterocycles. The molecule has 0 fully saturated rings. The van der Waals surface area contributed by atoms with Crippen LogP contribution in [0.2, 0.25) is 0 Å². The van der Waals surface area contributed by atoms with E-state index in [1.54, 1.807) is 6.33 Å². The van der Waals surface area contributed by atoms with Gasteiger partial charge in [-0.05, 0) is 12.0 Å². The minimum atomic E-state index is 0.0302. The largest absolute Gasteiger partial charge is 0.395 e. The summed E-state index contributed by atoms with van der Waals surface area (Å²) >= 11 is 0. The van der Waals surface area contributed by atoms with Gasteiger partial charge in [-0.15, -0.1) is 0 Å². The third-order valence-corrected chi connectivity index (χ3v) is 3.63. The van der Waals surface area contributed by atoms with Crippen LogP contribution in [-0.2, 0) is 13.1 Å². The quantitative estimate of drug-likeness (QED) is 0.588. The summed E-state index contributed by atoms with van der Waals surface area (Å²) in [5, 5.41) is 15.4. The predicted molar refractivity (Wildman–Crippen MR) is 95.0 cm³/mol. The first-order valence-corrected chi connectivity index (χ1v) is 8.17.